The van der Waals surface area contributed by atoms with E-state index in [1.54, 1.807) is 55.0 Å². The largest absolute Gasteiger partial charge is 1.00 e. The highest BCUT2D eigenvalue weighted by molar-refractivity contribution is 6.22. The van der Waals surface area contributed by atoms with Crippen molar-refractivity contribution in [1.29, 1.82) is 0 Å². The van der Waals surface area contributed by atoms with Crippen molar-refractivity contribution >= 4 is 68.1 Å². The van der Waals surface area contributed by atoms with E-state index in [0.29, 0.717) is 62.0 Å². The molecule has 8 rings (SSSR count). The van der Waals surface area contributed by atoms with Crippen LogP contribution in [0.1, 0.15) is 74.1 Å². The van der Waals surface area contributed by atoms with Gasteiger partial charge in [0.1, 0.15) is 28.2 Å². The molecule has 0 atom stereocenters. The standard InChI is InChI=1S/C18H12N2O3.C17H10N2O4.CH4O.H/c1-10(21)12-4-2-3-11-7-17(23-18(11)12)14-8-16(22)13-5-6-19-9-15(13)20-14;20-14-7-12(19-13-8-18-5-4-10(13)14)15-6-9-2-1-3-11(17(21)22)16(9)23-15;1-2;/h2-7,9H,8H2,1H3;1-6,8H,7H2,(H,21,22);2H,1H3;/q;;;-1. The van der Waals surface area contributed by atoms with E-state index in [4.69, 9.17) is 13.9 Å². The number of nitrogens with zero attached hydrogens (tertiary/aromatic N) is 4. The van der Waals surface area contributed by atoms with Gasteiger partial charge in [0.25, 0.3) is 0 Å². The number of pyridine rings is 2. The molecule has 0 saturated carbocycles. The van der Waals surface area contributed by atoms with E-state index in [1.807, 2.05) is 18.2 Å². The maximum absolute atomic E-state index is 12.3. The van der Waals surface area contributed by atoms with Gasteiger partial charge in [0, 0.05) is 41.4 Å². The summed E-state index contributed by atoms with van der Waals surface area (Å²) in [4.78, 5) is 64.3. The minimum absolute atomic E-state index is 0. The first-order valence-electron chi connectivity index (χ1n) is 14.6. The minimum Gasteiger partial charge on any atom is -1.00 e. The van der Waals surface area contributed by atoms with Crippen LogP contribution in [0.2, 0.25) is 0 Å². The van der Waals surface area contributed by atoms with Crippen molar-refractivity contribution in [2.75, 3.05) is 7.11 Å². The summed E-state index contributed by atoms with van der Waals surface area (Å²) in [6.07, 6.45) is 6.51. The number of para-hydroxylation sites is 2. The number of fused-ring (bicyclic) bond motifs is 4. The van der Waals surface area contributed by atoms with Crippen LogP contribution >= 0.6 is 0 Å². The number of ketones is 3. The highest BCUT2D eigenvalue weighted by Crippen LogP contribution is 2.32. The number of aliphatic imine (C=N–C) groups is 2. The lowest BCUT2D eigenvalue weighted by atomic mass is 10.0. The summed E-state index contributed by atoms with van der Waals surface area (Å²) in [6.45, 7) is 1.50. The number of carboxylic acid groups (broad SMARTS) is 1. The molecule has 12 heteroatoms. The molecule has 0 radical (unpaired) electrons. The van der Waals surface area contributed by atoms with Crippen LogP contribution in [0.25, 0.3) is 21.9 Å². The molecule has 0 amide bonds. The number of hydrogen-bond acceptors (Lipinski definition) is 11. The van der Waals surface area contributed by atoms with Gasteiger partial charge in [0.15, 0.2) is 17.3 Å². The van der Waals surface area contributed by atoms with Gasteiger partial charge in [-0.15, -0.1) is 0 Å². The molecule has 0 fully saturated rings. The number of Topliss-reactive ketones (excluding diaryl/α,β-unsaturated/α-hetero) is 3. The number of carbonyl (C=O) groups is 4. The number of benzene rings is 2. The van der Waals surface area contributed by atoms with Crippen LogP contribution in [-0.2, 0) is 0 Å². The molecule has 0 saturated heterocycles. The van der Waals surface area contributed by atoms with Gasteiger partial charge in [0.05, 0.1) is 53.6 Å². The average molecular weight is 644 g/mol. The van der Waals surface area contributed by atoms with E-state index >= 15 is 0 Å². The van der Waals surface area contributed by atoms with Gasteiger partial charge in [-0.1, -0.05) is 24.3 Å². The van der Waals surface area contributed by atoms with Crippen molar-refractivity contribution in [2.24, 2.45) is 9.98 Å². The van der Waals surface area contributed by atoms with Gasteiger partial charge < -0.3 is 20.5 Å². The summed E-state index contributed by atoms with van der Waals surface area (Å²) >= 11 is 0. The fourth-order valence-electron chi connectivity index (χ4n) is 5.43. The van der Waals surface area contributed by atoms with Crippen LogP contribution in [0, 0.1) is 0 Å². The van der Waals surface area contributed by atoms with Gasteiger partial charge in [-0.3, -0.25) is 24.4 Å². The number of aromatic nitrogens is 2. The van der Waals surface area contributed by atoms with Crippen molar-refractivity contribution in [1.82, 2.24) is 9.97 Å². The molecule has 0 spiro atoms. The van der Waals surface area contributed by atoms with E-state index in [9.17, 15) is 24.3 Å². The molecule has 0 unspecified atom stereocenters. The molecular formula is C36H27N4O8-. The minimum atomic E-state index is -1.06. The van der Waals surface area contributed by atoms with E-state index in [1.165, 1.54) is 19.2 Å². The Morgan fingerprint density at radius 1 is 0.708 bits per heavy atom. The van der Waals surface area contributed by atoms with E-state index in [-0.39, 0.29) is 42.8 Å². The number of aliphatic hydroxyl groups is 1. The van der Waals surface area contributed by atoms with Crippen LogP contribution in [0.15, 0.2) is 104 Å². The van der Waals surface area contributed by atoms with Gasteiger partial charge in [-0.25, -0.2) is 14.8 Å². The second kappa shape index (κ2) is 13.1. The third-order valence-electron chi connectivity index (χ3n) is 7.63. The molecule has 0 aliphatic carbocycles. The molecule has 2 aromatic carbocycles. The highest BCUT2D eigenvalue weighted by Gasteiger charge is 2.25. The molecule has 0 bridgehead atoms. The zero-order valence-corrected chi connectivity index (χ0v) is 25.6. The first-order valence-corrected chi connectivity index (χ1v) is 14.6. The first-order chi connectivity index (χ1) is 23.3. The predicted octanol–water partition coefficient (Wildman–Crippen LogP) is 6.69. The van der Waals surface area contributed by atoms with E-state index < -0.39 is 5.97 Å². The fraction of sp³-hybridized carbons (Fsp3) is 0.111. The van der Waals surface area contributed by atoms with Crippen LogP contribution < -0.4 is 0 Å². The Hall–Kier alpha value is -6.40. The normalized spacial score (nSPS) is 13.3. The third kappa shape index (κ3) is 5.95. The summed E-state index contributed by atoms with van der Waals surface area (Å²) in [5.41, 5.74) is 4.60. The number of carbonyl (C=O) groups excluding carboxylic acids is 3. The highest BCUT2D eigenvalue weighted by atomic mass is 16.4. The Balaban J connectivity index is 0.000000179. The van der Waals surface area contributed by atoms with Crippen LogP contribution in [0.3, 0.4) is 0 Å². The Bertz CT molecular complexity index is 2170. The Kier molecular flexibility index (Phi) is 8.65. The Labute approximate surface area is 273 Å². The SMILES string of the molecule is CC(=O)c1cccc2cc(C3=Nc4cnccc4C(=O)C3)oc12.CO.O=C1CC(c2cc3cccc(C(=O)O)c3o2)=Nc2cnccc21.[H-]. The zero-order chi connectivity index (χ0) is 33.9. The summed E-state index contributed by atoms with van der Waals surface area (Å²) in [5, 5.41) is 17.7. The maximum Gasteiger partial charge on any atom is 0.339 e. The quantitative estimate of drug-likeness (QED) is 0.196. The number of carboxylic acids is 1. The van der Waals surface area contributed by atoms with E-state index in [0.717, 1.165) is 12.5 Å². The molecule has 240 valence electrons. The monoisotopic (exact) mass is 643 g/mol. The zero-order valence-electron chi connectivity index (χ0n) is 26.6. The van der Waals surface area contributed by atoms with Gasteiger partial charge in [-0.2, -0.15) is 0 Å². The predicted molar refractivity (Wildman–Crippen MR) is 177 cm³/mol. The topological polar surface area (TPSA) is 186 Å². The number of aliphatic hydroxyl groups excluding tert-OH is 1. The molecule has 4 aromatic heterocycles. The van der Waals surface area contributed by atoms with Crippen LogP contribution in [0.4, 0.5) is 11.4 Å². The van der Waals surface area contributed by atoms with Crippen molar-refractivity contribution in [3.05, 3.63) is 119 Å². The van der Waals surface area contributed by atoms with Crippen LogP contribution in [0.5, 0.6) is 0 Å². The average Bonchev–Trinajstić information content (AvgIpc) is 3.74. The number of hydrogen-bond donors (Lipinski definition) is 2. The summed E-state index contributed by atoms with van der Waals surface area (Å²) < 4.78 is 11.5. The molecule has 48 heavy (non-hydrogen) atoms. The molecule has 2 N–H and O–H groups in total. The smallest absolute Gasteiger partial charge is 0.339 e. The number of furan rings is 2. The summed E-state index contributed by atoms with van der Waals surface area (Å²) in [5.74, 6) is -0.292. The lowest BCUT2D eigenvalue weighted by molar-refractivity contribution is 0.0697. The molecule has 6 heterocycles. The molecule has 6 aromatic rings. The van der Waals surface area contributed by atoms with Crippen molar-refractivity contribution in [3.8, 4) is 0 Å². The second-order valence-electron chi connectivity index (χ2n) is 10.6. The maximum atomic E-state index is 12.3. The summed E-state index contributed by atoms with van der Waals surface area (Å²) in [7, 11) is 1.00. The third-order valence-corrected chi connectivity index (χ3v) is 7.63. The first kappa shape index (κ1) is 31.6. The van der Waals surface area contributed by atoms with Crippen LogP contribution in [-0.4, -0.2) is 62.0 Å². The summed E-state index contributed by atoms with van der Waals surface area (Å²) in [6, 6.07) is 17.1. The number of rotatable bonds is 4. The van der Waals surface area contributed by atoms with Crippen molar-refractivity contribution < 1.29 is 39.7 Å². The second-order valence-corrected chi connectivity index (χ2v) is 10.6. The molecular weight excluding hydrogens is 616 g/mol. The fourth-order valence-corrected chi connectivity index (χ4v) is 5.43. The van der Waals surface area contributed by atoms with Gasteiger partial charge in [0.2, 0.25) is 0 Å². The molecule has 2 aliphatic rings. The van der Waals surface area contributed by atoms with Crippen molar-refractivity contribution in [3.63, 3.8) is 0 Å². The Morgan fingerprint density at radius 3 is 1.62 bits per heavy atom. The number of aromatic carboxylic acids is 1. The van der Waals surface area contributed by atoms with Crippen molar-refractivity contribution in [2.45, 2.75) is 19.8 Å². The lowest BCUT2D eigenvalue weighted by Gasteiger charge is -2.12. The molecule has 12 nitrogen and oxygen atoms in total. The molecule has 2 aliphatic heterocycles. The van der Waals surface area contributed by atoms with Gasteiger partial charge in [-0.05, 0) is 43.3 Å². The lowest BCUT2D eigenvalue weighted by Crippen LogP contribution is -2.13. The van der Waals surface area contributed by atoms with E-state index in [2.05, 4.69) is 20.0 Å². The van der Waals surface area contributed by atoms with Gasteiger partial charge >= 0.3 is 5.97 Å². The Morgan fingerprint density at radius 2 is 1.17 bits per heavy atom.